The molecule has 0 bridgehead atoms. The van der Waals surface area contributed by atoms with E-state index in [4.69, 9.17) is 5.73 Å². The minimum atomic E-state index is -2.83. The lowest BCUT2D eigenvalue weighted by atomic mass is 10.0. The lowest BCUT2D eigenvalue weighted by Gasteiger charge is -2.09. The summed E-state index contributed by atoms with van der Waals surface area (Å²) in [7, 11) is 0. The summed E-state index contributed by atoms with van der Waals surface area (Å²) in [5.41, 5.74) is 5.33. The molecule has 0 aliphatic carbocycles. The topological polar surface area (TPSA) is 26.0 Å². The monoisotopic (exact) mass is 201 g/mol. The largest absolute Gasteiger partial charge is 0.321 e. The smallest absolute Gasteiger partial charge is 0.266 e. The first-order valence-corrected chi connectivity index (χ1v) is 4.02. The number of hydrogen-bond donors (Lipinski definition) is 1. The summed E-state index contributed by atoms with van der Waals surface area (Å²) >= 11 is 0. The minimum Gasteiger partial charge on any atom is -0.321 e. The molecule has 1 nitrogen and oxygen atoms in total. The Morgan fingerprint density at radius 3 is 2.50 bits per heavy atom. The maximum absolute atomic E-state index is 12.8. The van der Waals surface area contributed by atoms with Crippen LogP contribution in [0.1, 0.15) is 23.6 Å². The van der Waals surface area contributed by atoms with Gasteiger partial charge in [0.15, 0.2) is 0 Å². The van der Waals surface area contributed by atoms with E-state index in [1.807, 2.05) is 0 Å². The first-order chi connectivity index (χ1) is 6.56. The standard InChI is InChI=1S/C10H10F3N/c1-2-9(14)6-3-4-8(11)7(5-6)10(12)13/h2-5,9-10H,1,14H2. The third-order valence-electron chi connectivity index (χ3n) is 1.89. The molecule has 0 aliphatic rings. The van der Waals surface area contributed by atoms with Crippen LogP contribution in [0.15, 0.2) is 30.9 Å². The number of alkyl halides is 2. The molecular weight excluding hydrogens is 191 g/mol. The van der Waals surface area contributed by atoms with Crippen molar-refractivity contribution in [2.24, 2.45) is 5.73 Å². The minimum absolute atomic E-state index is 0.428. The second-order valence-corrected chi connectivity index (χ2v) is 2.84. The number of rotatable bonds is 3. The number of benzene rings is 1. The highest BCUT2D eigenvalue weighted by Gasteiger charge is 2.14. The Labute approximate surface area is 80.0 Å². The molecule has 0 spiro atoms. The molecule has 1 unspecified atom stereocenters. The van der Waals surface area contributed by atoms with Crippen molar-refractivity contribution in [2.75, 3.05) is 0 Å². The molecule has 0 fully saturated rings. The molecule has 1 aromatic carbocycles. The van der Waals surface area contributed by atoms with E-state index in [0.717, 1.165) is 12.1 Å². The molecule has 1 aromatic rings. The van der Waals surface area contributed by atoms with E-state index in [9.17, 15) is 13.2 Å². The van der Waals surface area contributed by atoms with Crippen LogP contribution in [0.3, 0.4) is 0 Å². The van der Waals surface area contributed by atoms with Crippen LogP contribution in [0.2, 0.25) is 0 Å². The van der Waals surface area contributed by atoms with Gasteiger partial charge in [-0.05, 0) is 17.7 Å². The van der Waals surface area contributed by atoms with Gasteiger partial charge in [0.25, 0.3) is 6.43 Å². The van der Waals surface area contributed by atoms with Crippen molar-refractivity contribution in [3.8, 4) is 0 Å². The van der Waals surface area contributed by atoms with E-state index in [0.29, 0.717) is 5.56 Å². The fraction of sp³-hybridized carbons (Fsp3) is 0.200. The second-order valence-electron chi connectivity index (χ2n) is 2.84. The Kier molecular flexibility index (Phi) is 3.30. The van der Waals surface area contributed by atoms with Crippen LogP contribution in [0.4, 0.5) is 13.2 Å². The molecule has 1 atom stereocenters. The van der Waals surface area contributed by atoms with Crippen molar-refractivity contribution < 1.29 is 13.2 Å². The predicted octanol–water partition coefficient (Wildman–Crippen LogP) is 2.95. The second kappa shape index (κ2) is 4.28. The zero-order valence-electron chi connectivity index (χ0n) is 7.38. The van der Waals surface area contributed by atoms with Crippen molar-refractivity contribution in [3.63, 3.8) is 0 Å². The van der Waals surface area contributed by atoms with Crippen LogP contribution in [-0.4, -0.2) is 0 Å². The predicted molar refractivity (Wildman–Crippen MR) is 48.5 cm³/mol. The average Bonchev–Trinajstić information content (AvgIpc) is 2.17. The normalized spacial score (nSPS) is 12.9. The van der Waals surface area contributed by atoms with Crippen molar-refractivity contribution >= 4 is 0 Å². The van der Waals surface area contributed by atoms with Gasteiger partial charge in [-0.25, -0.2) is 13.2 Å². The molecule has 0 radical (unpaired) electrons. The van der Waals surface area contributed by atoms with Gasteiger partial charge in [-0.15, -0.1) is 6.58 Å². The molecule has 14 heavy (non-hydrogen) atoms. The van der Waals surface area contributed by atoms with Crippen LogP contribution in [0.5, 0.6) is 0 Å². The van der Waals surface area contributed by atoms with Gasteiger partial charge in [0.05, 0.1) is 5.56 Å². The zero-order valence-corrected chi connectivity index (χ0v) is 7.38. The van der Waals surface area contributed by atoms with Gasteiger partial charge in [0, 0.05) is 6.04 Å². The third-order valence-corrected chi connectivity index (χ3v) is 1.89. The molecule has 0 aliphatic heterocycles. The summed E-state index contributed by atoms with van der Waals surface area (Å²) < 4.78 is 37.4. The quantitative estimate of drug-likeness (QED) is 0.747. The molecule has 1 rings (SSSR count). The molecule has 0 heterocycles. The van der Waals surface area contributed by atoms with Gasteiger partial charge in [0.1, 0.15) is 5.82 Å². The highest BCUT2D eigenvalue weighted by atomic mass is 19.3. The molecule has 0 aromatic heterocycles. The Balaban J connectivity index is 3.12. The van der Waals surface area contributed by atoms with E-state index >= 15 is 0 Å². The van der Waals surface area contributed by atoms with Gasteiger partial charge < -0.3 is 5.73 Å². The molecule has 2 N–H and O–H groups in total. The third kappa shape index (κ3) is 2.14. The van der Waals surface area contributed by atoms with E-state index < -0.39 is 23.8 Å². The lowest BCUT2D eigenvalue weighted by Crippen LogP contribution is -2.07. The average molecular weight is 201 g/mol. The van der Waals surface area contributed by atoms with Crippen LogP contribution in [-0.2, 0) is 0 Å². The zero-order chi connectivity index (χ0) is 10.7. The van der Waals surface area contributed by atoms with E-state index in [-0.39, 0.29) is 0 Å². The SMILES string of the molecule is C=CC(N)c1ccc(F)c(C(F)F)c1. The van der Waals surface area contributed by atoms with Crippen molar-refractivity contribution in [1.82, 2.24) is 0 Å². The van der Waals surface area contributed by atoms with Gasteiger partial charge in [-0.1, -0.05) is 12.1 Å². The fourth-order valence-electron chi connectivity index (χ4n) is 1.07. The number of nitrogens with two attached hydrogens (primary N) is 1. The van der Waals surface area contributed by atoms with Gasteiger partial charge >= 0.3 is 0 Å². The summed E-state index contributed by atoms with van der Waals surface area (Å²) in [5, 5.41) is 0. The van der Waals surface area contributed by atoms with E-state index in [2.05, 4.69) is 6.58 Å². The van der Waals surface area contributed by atoms with Crippen LogP contribution in [0, 0.1) is 5.82 Å². The van der Waals surface area contributed by atoms with Crippen LogP contribution < -0.4 is 5.73 Å². The summed E-state index contributed by atoms with van der Waals surface area (Å²) in [6, 6.07) is 2.87. The van der Waals surface area contributed by atoms with Gasteiger partial charge in [0.2, 0.25) is 0 Å². The van der Waals surface area contributed by atoms with Crippen molar-refractivity contribution in [1.29, 1.82) is 0 Å². The first kappa shape index (κ1) is 10.8. The Bertz CT molecular complexity index is 336. The Morgan fingerprint density at radius 1 is 1.36 bits per heavy atom. The highest BCUT2D eigenvalue weighted by Crippen LogP contribution is 2.25. The molecular formula is C10H10F3N. The van der Waals surface area contributed by atoms with Gasteiger partial charge in [-0.3, -0.25) is 0 Å². The first-order valence-electron chi connectivity index (χ1n) is 4.02. The molecule has 0 amide bonds. The van der Waals surface area contributed by atoms with Crippen molar-refractivity contribution in [2.45, 2.75) is 12.5 Å². The maximum Gasteiger partial charge on any atom is 0.266 e. The summed E-state index contributed by atoms with van der Waals surface area (Å²) in [6.07, 6.45) is -1.42. The summed E-state index contributed by atoms with van der Waals surface area (Å²) in [4.78, 5) is 0. The summed E-state index contributed by atoms with van der Waals surface area (Å²) in [5.74, 6) is -0.917. The molecule has 4 heteroatoms. The van der Waals surface area contributed by atoms with Crippen molar-refractivity contribution in [3.05, 3.63) is 47.8 Å². The van der Waals surface area contributed by atoms with Crippen LogP contribution >= 0.6 is 0 Å². The molecule has 0 saturated carbocycles. The Morgan fingerprint density at radius 2 is 2.00 bits per heavy atom. The van der Waals surface area contributed by atoms with E-state index in [1.54, 1.807) is 0 Å². The fourth-order valence-corrected chi connectivity index (χ4v) is 1.07. The van der Waals surface area contributed by atoms with Crippen LogP contribution in [0.25, 0.3) is 0 Å². The highest BCUT2D eigenvalue weighted by molar-refractivity contribution is 5.29. The lowest BCUT2D eigenvalue weighted by molar-refractivity contribution is 0.146. The van der Waals surface area contributed by atoms with E-state index in [1.165, 1.54) is 12.1 Å². The maximum atomic E-state index is 12.8. The number of hydrogen-bond acceptors (Lipinski definition) is 1. The molecule has 0 saturated heterocycles. The Hall–Kier alpha value is -1.29. The molecule has 76 valence electrons. The number of halogens is 3. The summed E-state index contributed by atoms with van der Waals surface area (Å²) in [6.45, 7) is 3.43. The van der Waals surface area contributed by atoms with Gasteiger partial charge in [-0.2, -0.15) is 0 Å².